The highest BCUT2D eigenvalue weighted by Crippen LogP contribution is 2.43. The highest BCUT2D eigenvalue weighted by molar-refractivity contribution is 5.76. The number of carbonyl (C=O) groups excluding carboxylic acids is 1. The van der Waals surface area contributed by atoms with E-state index in [0.717, 1.165) is 45.4 Å². The fourth-order valence-corrected chi connectivity index (χ4v) is 4.76. The van der Waals surface area contributed by atoms with E-state index < -0.39 is 78.9 Å². The summed E-state index contributed by atoms with van der Waals surface area (Å²) in [7, 11) is 1.99. The maximum absolute atomic E-state index is 13.7. The molecule has 2 unspecified atom stereocenters. The minimum absolute atomic E-state index is 0.0644. The van der Waals surface area contributed by atoms with Crippen LogP contribution in [0.5, 0.6) is 5.75 Å². The van der Waals surface area contributed by atoms with Crippen LogP contribution in [0.25, 0.3) is 11.1 Å². The first-order valence-corrected chi connectivity index (χ1v) is 12.9. The summed E-state index contributed by atoms with van der Waals surface area (Å²) < 4.78 is 172. The van der Waals surface area contributed by atoms with Gasteiger partial charge < -0.3 is 14.4 Å². The van der Waals surface area contributed by atoms with E-state index in [9.17, 15) is 57.5 Å². The minimum atomic E-state index is -5.19. The summed E-state index contributed by atoms with van der Waals surface area (Å²) >= 11 is 0. The molecule has 0 saturated carbocycles. The van der Waals surface area contributed by atoms with Gasteiger partial charge in [0.1, 0.15) is 5.75 Å². The summed E-state index contributed by atoms with van der Waals surface area (Å²) in [5.74, 6) is -3.67. The zero-order valence-electron chi connectivity index (χ0n) is 23.6. The van der Waals surface area contributed by atoms with Crippen LogP contribution < -0.4 is 4.74 Å². The molecule has 0 heterocycles. The second kappa shape index (κ2) is 12.9. The lowest BCUT2D eigenvalue weighted by atomic mass is 9.88. The van der Waals surface area contributed by atoms with Gasteiger partial charge in [-0.2, -0.15) is 52.7 Å². The van der Waals surface area contributed by atoms with Crippen LogP contribution in [0.4, 0.5) is 57.5 Å². The zero-order chi connectivity index (χ0) is 34.1. The van der Waals surface area contributed by atoms with Crippen LogP contribution in [0.2, 0.25) is 0 Å². The number of ether oxygens (including phenoxy) is 2. The van der Waals surface area contributed by atoms with E-state index in [1.807, 2.05) is 0 Å². The van der Waals surface area contributed by atoms with Gasteiger partial charge in [-0.15, -0.1) is 0 Å². The third-order valence-corrected chi connectivity index (χ3v) is 7.10. The number of amides is 1. The van der Waals surface area contributed by atoms with E-state index in [1.165, 1.54) is 0 Å². The molecule has 0 aromatic heterocycles. The van der Waals surface area contributed by atoms with Gasteiger partial charge in [0.25, 0.3) is 0 Å². The third kappa shape index (κ3) is 8.66. The first kappa shape index (κ1) is 35.6. The van der Waals surface area contributed by atoms with Crippen molar-refractivity contribution in [2.75, 3.05) is 20.8 Å². The van der Waals surface area contributed by atoms with Gasteiger partial charge in [-0.05, 0) is 66.3 Å². The molecule has 4 nitrogen and oxygen atoms in total. The molecule has 0 N–H and O–H groups in total. The van der Waals surface area contributed by atoms with Crippen molar-refractivity contribution < 1.29 is 67.0 Å². The van der Waals surface area contributed by atoms with E-state index in [-0.39, 0.29) is 34.1 Å². The molecular weight excluding hydrogens is 638 g/mol. The average Bonchev–Trinajstić information content (AvgIpc) is 2.93. The summed E-state index contributed by atoms with van der Waals surface area (Å²) in [5.41, 5.74) is -5.30. The third-order valence-electron chi connectivity index (χ3n) is 7.10. The molecule has 16 heteroatoms. The Bertz CT molecular complexity index is 1450. The normalized spacial score (nSPS) is 16.9. The van der Waals surface area contributed by atoms with Crippen LogP contribution in [0.3, 0.4) is 0 Å². The van der Waals surface area contributed by atoms with E-state index in [0.29, 0.717) is 23.1 Å². The van der Waals surface area contributed by atoms with E-state index in [2.05, 4.69) is 4.74 Å². The monoisotopic (exact) mass is 663 g/mol. The minimum Gasteiger partial charge on any atom is -0.496 e. The molecule has 1 amide bonds. The van der Waals surface area contributed by atoms with Crippen molar-refractivity contribution in [2.45, 2.75) is 50.5 Å². The van der Waals surface area contributed by atoms with Crippen molar-refractivity contribution in [1.29, 1.82) is 0 Å². The molecule has 45 heavy (non-hydrogen) atoms. The van der Waals surface area contributed by atoms with Gasteiger partial charge in [-0.25, -0.2) is 4.79 Å². The Morgan fingerprint density at radius 3 is 2.02 bits per heavy atom. The molecule has 3 rings (SSSR count). The molecule has 248 valence electrons. The van der Waals surface area contributed by atoms with Crippen molar-refractivity contribution in [3.8, 4) is 16.9 Å². The van der Waals surface area contributed by atoms with Crippen molar-refractivity contribution in [3.05, 3.63) is 76.4 Å². The Morgan fingerprint density at radius 1 is 0.867 bits per heavy atom. The van der Waals surface area contributed by atoms with Crippen molar-refractivity contribution in [1.82, 2.24) is 4.90 Å². The maximum atomic E-state index is 13.7. The Morgan fingerprint density at radius 2 is 1.51 bits per heavy atom. The van der Waals surface area contributed by atoms with E-state index in [1.54, 1.807) is 0 Å². The quantitative estimate of drug-likeness (QED) is 0.277. The predicted octanol–water partition coefficient (Wildman–Crippen LogP) is 9.61. The lowest BCUT2D eigenvalue weighted by molar-refractivity contribution is -0.146. The molecule has 0 aliphatic heterocycles. The number of carbonyl (C=O) groups is 1. The van der Waals surface area contributed by atoms with Gasteiger partial charge >= 0.3 is 30.8 Å². The van der Waals surface area contributed by atoms with Crippen LogP contribution in [-0.2, 0) is 17.5 Å². The van der Waals surface area contributed by atoms with E-state index in [4.69, 9.17) is 4.74 Å². The number of nitrogens with zero attached hydrogens (tertiary/aromatic N) is 1. The van der Waals surface area contributed by atoms with Gasteiger partial charge in [0.2, 0.25) is 0 Å². The van der Waals surface area contributed by atoms with Crippen molar-refractivity contribution in [3.63, 3.8) is 0 Å². The molecule has 2 aromatic carbocycles. The van der Waals surface area contributed by atoms with Crippen LogP contribution in [0, 0.1) is 5.92 Å². The SMILES string of the molecule is COC(=O)N(Cc1cc(C(F)(F)F)ccc1-c1cc(C(C)C(F)(F)F)ccc1OC)CC1C=C(C(F)(F)F)C=C(C(F)(F)F)C1. The lowest BCUT2D eigenvalue weighted by Gasteiger charge is -2.30. The Labute approximate surface area is 248 Å². The van der Waals surface area contributed by atoms with Gasteiger partial charge in [0, 0.05) is 24.2 Å². The van der Waals surface area contributed by atoms with E-state index >= 15 is 0 Å². The molecule has 0 spiro atoms. The van der Waals surface area contributed by atoms with Gasteiger partial charge in [0.15, 0.2) is 0 Å². The topological polar surface area (TPSA) is 38.8 Å². The Kier molecular flexibility index (Phi) is 10.2. The summed E-state index contributed by atoms with van der Waals surface area (Å²) in [6, 6.07) is 5.41. The number of alkyl halides is 12. The Hall–Kier alpha value is -3.85. The molecule has 0 fully saturated rings. The van der Waals surface area contributed by atoms with Gasteiger partial charge in [-0.3, -0.25) is 0 Å². The molecule has 0 bridgehead atoms. The van der Waals surface area contributed by atoms with Crippen LogP contribution in [0.1, 0.15) is 36.0 Å². The number of halogens is 12. The first-order chi connectivity index (χ1) is 20.6. The highest BCUT2D eigenvalue weighted by Gasteiger charge is 2.43. The smallest absolute Gasteiger partial charge is 0.416 e. The summed E-state index contributed by atoms with van der Waals surface area (Å²) in [5, 5.41) is 0. The van der Waals surface area contributed by atoms with Crippen LogP contribution in [-0.4, -0.2) is 50.3 Å². The van der Waals surface area contributed by atoms with Gasteiger partial charge in [0.05, 0.1) is 31.3 Å². The van der Waals surface area contributed by atoms with Gasteiger partial charge in [-0.1, -0.05) is 18.2 Å². The molecular formula is C29H25F12NO3. The molecule has 0 saturated heterocycles. The maximum Gasteiger partial charge on any atom is 0.416 e. The standard InChI is InChI=1S/C29H25F12NO3/c1-15(26(30,31)32)17-4-7-24(44-2)23(11-17)22-6-5-19(27(33,34)35)10-18(22)14-42(25(43)45-3)13-16-8-20(28(36,37)38)12-21(9-16)29(39,40)41/h4-8,10-12,15-16H,9,13-14H2,1-3H3. The fourth-order valence-electron chi connectivity index (χ4n) is 4.76. The predicted molar refractivity (Wildman–Crippen MR) is 137 cm³/mol. The number of allylic oxidation sites excluding steroid dienone is 3. The molecule has 2 atom stereocenters. The number of benzene rings is 2. The number of methoxy groups -OCH3 is 2. The number of hydrogen-bond acceptors (Lipinski definition) is 3. The molecule has 0 radical (unpaired) electrons. The molecule has 2 aromatic rings. The largest absolute Gasteiger partial charge is 0.496 e. The van der Waals surface area contributed by atoms with Crippen LogP contribution in [0.15, 0.2) is 59.7 Å². The summed E-state index contributed by atoms with van der Waals surface area (Å²) in [4.78, 5) is 13.3. The molecule has 1 aliphatic rings. The average molecular weight is 663 g/mol. The second-order valence-corrected chi connectivity index (χ2v) is 10.2. The summed E-state index contributed by atoms with van der Waals surface area (Å²) in [6.07, 6.45) is -21.8. The number of rotatable bonds is 7. The molecule has 1 aliphatic carbocycles. The van der Waals surface area contributed by atoms with Crippen LogP contribution >= 0.6 is 0 Å². The number of hydrogen-bond donors (Lipinski definition) is 0. The van der Waals surface area contributed by atoms with Crippen molar-refractivity contribution >= 4 is 6.09 Å². The Balaban J connectivity index is 2.16. The fraction of sp³-hybridized carbons (Fsp3) is 0.414. The van der Waals surface area contributed by atoms with Crippen molar-refractivity contribution in [2.24, 2.45) is 5.92 Å². The lowest BCUT2D eigenvalue weighted by Crippen LogP contribution is -2.36. The summed E-state index contributed by atoms with van der Waals surface area (Å²) in [6.45, 7) is -0.836. The zero-order valence-corrected chi connectivity index (χ0v) is 23.6. The second-order valence-electron chi connectivity index (χ2n) is 10.2. The highest BCUT2D eigenvalue weighted by atomic mass is 19.4. The first-order valence-electron chi connectivity index (χ1n) is 12.9.